The van der Waals surface area contributed by atoms with Crippen molar-refractivity contribution >= 4 is 35.2 Å². The summed E-state index contributed by atoms with van der Waals surface area (Å²) in [6, 6.07) is 22.3. The fraction of sp³-hybridized carbons (Fsp3) is 0.0500. The first-order chi connectivity index (χ1) is 13.1. The summed E-state index contributed by atoms with van der Waals surface area (Å²) in [6.07, 6.45) is 0. The van der Waals surface area contributed by atoms with Crippen LogP contribution in [0.5, 0.6) is 0 Å². The van der Waals surface area contributed by atoms with Crippen molar-refractivity contribution in [3.05, 3.63) is 89.0 Å². The van der Waals surface area contributed by atoms with Gasteiger partial charge in [-0.2, -0.15) is 0 Å². The summed E-state index contributed by atoms with van der Waals surface area (Å²) in [5.74, 6) is 0. The lowest BCUT2D eigenvalue weighted by atomic mass is 9.80. The van der Waals surface area contributed by atoms with E-state index < -0.39 is 7.12 Å². The molecule has 0 saturated heterocycles. The number of aromatic nitrogens is 2. The zero-order chi connectivity index (χ0) is 19.0. The number of hydrogen-bond acceptors (Lipinski definition) is 3. The van der Waals surface area contributed by atoms with Gasteiger partial charge in [-0.05, 0) is 41.4 Å². The topological polar surface area (TPSA) is 74.2 Å². The molecule has 3 aromatic carbocycles. The molecule has 0 bridgehead atoms. The Kier molecular flexibility index (Phi) is 4.62. The minimum absolute atomic E-state index is 0.313. The highest BCUT2D eigenvalue weighted by Gasteiger charge is 2.15. The molecule has 0 radical (unpaired) electrons. The largest absolute Gasteiger partial charge is 0.488 e. The average Bonchev–Trinajstić information content (AvgIpc) is 2.95. The number of rotatable bonds is 4. The molecule has 1 aromatic heterocycles. The van der Waals surface area contributed by atoms with Crippen molar-refractivity contribution in [3.8, 4) is 5.69 Å². The molecule has 1 heterocycles. The van der Waals surface area contributed by atoms with Crippen LogP contribution in [0.15, 0.2) is 72.8 Å². The second kappa shape index (κ2) is 7.08. The molecule has 4 rings (SSSR count). The number of hydrogen-bond donors (Lipinski definition) is 3. The standard InChI is InChI=1S/C20H17BClN3O2/c22-17-6-2-1-5-14(17)13-24-18-7-3-4-8-19(18)25(20(24)23)16-11-9-15(10-12-16)21(26)27/h1-12,23,26-27H,13H2. The van der Waals surface area contributed by atoms with Crippen LogP contribution >= 0.6 is 11.6 Å². The van der Waals surface area contributed by atoms with E-state index in [1.54, 1.807) is 24.3 Å². The smallest absolute Gasteiger partial charge is 0.423 e. The van der Waals surface area contributed by atoms with E-state index in [0.717, 1.165) is 22.3 Å². The molecule has 0 atom stereocenters. The lowest BCUT2D eigenvalue weighted by Crippen LogP contribution is -2.30. The molecule has 0 aliphatic heterocycles. The van der Waals surface area contributed by atoms with Crippen molar-refractivity contribution in [2.45, 2.75) is 6.54 Å². The first kappa shape index (κ1) is 17.6. The molecule has 0 amide bonds. The van der Waals surface area contributed by atoms with Gasteiger partial charge < -0.3 is 14.6 Å². The zero-order valence-corrected chi connectivity index (χ0v) is 15.1. The van der Waals surface area contributed by atoms with Gasteiger partial charge in [0.05, 0.1) is 17.6 Å². The van der Waals surface area contributed by atoms with Crippen molar-refractivity contribution in [1.29, 1.82) is 5.41 Å². The average molecular weight is 378 g/mol. The van der Waals surface area contributed by atoms with E-state index in [2.05, 4.69) is 0 Å². The molecule has 134 valence electrons. The van der Waals surface area contributed by atoms with Gasteiger partial charge in [-0.15, -0.1) is 0 Å². The van der Waals surface area contributed by atoms with Crippen LogP contribution in [0.2, 0.25) is 5.02 Å². The minimum Gasteiger partial charge on any atom is -0.423 e. The fourth-order valence-corrected chi connectivity index (χ4v) is 3.44. The molecule has 27 heavy (non-hydrogen) atoms. The molecule has 0 unspecified atom stereocenters. The summed E-state index contributed by atoms with van der Waals surface area (Å²) in [4.78, 5) is 0. The highest BCUT2D eigenvalue weighted by atomic mass is 35.5. The Hall–Kier alpha value is -2.80. The molecule has 3 N–H and O–H groups in total. The van der Waals surface area contributed by atoms with Gasteiger partial charge in [0.15, 0.2) is 0 Å². The third kappa shape index (κ3) is 3.19. The molecular formula is C20H17BClN3O2. The SMILES string of the molecule is N=c1n(Cc2ccccc2Cl)c2ccccc2n1-c1ccc(B(O)O)cc1. The van der Waals surface area contributed by atoms with Gasteiger partial charge in [0.25, 0.3) is 0 Å². The second-order valence-electron chi connectivity index (χ2n) is 6.29. The van der Waals surface area contributed by atoms with Crippen LogP contribution in [-0.2, 0) is 6.54 Å². The predicted octanol–water partition coefficient (Wildman–Crippen LogP) is 2.29. The maximum atomic E-state index is 9.30. The van der Waals surface area contributed by atoms with E-state index in [9.17, 15) is 10.0 Å². The molecule has 5 nitrogen and oxygen atoms in total. The molecule has 7 heteroatoms. The summed E-state index contributed by atoms with van der Waals surface area (Å²) in [5, 5.41) is 28.0. The van der Waals surface area contributed by atoms with Crippen molar-refractivity contribution in [1.82, 2.24) is 9.13 Å². The molecule has 0 aliphatic rings. The molecule has 0 spiro atoms. The third-order valence-corrected chi connectivity index (χ3v) is 4.99. The summed E-state index contributed by atoms with van der Waals surface area (Å²) in [5.41, 5.74) is 4.26. The van der Waals surface area contributed by atoms with Gasteiger partial charge in [0, 0.05) is 10.7 Å². The monoisotopic (exact) mass is 377 g/mol. The van der Waals surface area contributed by atoms with Crippen molar-refractivity contribution < 1.29 is 10.0 Å². The van der Waals surface area contributed by atoms with Gasteiger partial charge in [-0.1, -0.05) is 54.1 Å². The Morgan fingerprint density at radius 1 is 0.852 bits per heavy atom. The Morgan fingerprint density at radius 2 is 1.48 bits per heavy atom. The number of para-hydroxylation sites is 2. The van der Waals surface area contributed by atoms with Crippen LogP contribution in [0.1, 0.15) is 5.56 Å². The molecule has 0 aliphatic carbocycles. The lowest BCUT2D eigenvalue weighted by molar-refractivity contribution is 0.426. The maximum Gasteiger partial charge on any atom is 0.488 e. The van der Waals surface area contributed by atoms with Gasteiger partial charge in [-0.3, -0.25) is 9.98 Å². The molecule has 4 aromatic rings. The van der Waals surface area contributed by atoms with Crippen LogP contribution in [0.25, 0.3) is 16.7 Å². The summed E-state index contributed by atoms with van der Waals surface area (Å²) >= 11 is 6.32. The molecule has 0 fully saturated rings. The number of nitrogens with one attached hydrogen (secondary N) is 1. The maximum absolute atomic E-state index is 9.30. The summed E-state index contributed by atoms with van der Waals surface area (Å²) < 4.78 is 3.74. The number of imidazole rings is 1. The number of benzene rings is 3. The van der Waals surface area contributed by atoms with E-state index in [0.29, 0.717) is 22.6 Å². The van der Waals surface area contributed by atoms with Gasteiger partial charge in [0.1, 0.15) is 0 Å². The quantitative estimate of drug-likeness (QED) is 0.477. The van der Waals surface area contributed by atoms with Crippen LogP contribution in [0.3, 0.4) is 0 Å². The van der Waals surface area contributed by atoms with E-state index >= 15 is 0 Å². The van der Waals surface area contributed by atoms with E-state index in [-0.39, 0.29) is 0 Å². The first-order valence-corrected chi connectivity index (χ1v) is 8.89. The van der Waals surface area contributed by atoms with Crippen molar-refractivity contribution in [3.63, 3.8) is 0 Å². The van der Waals surface area contributed by atoms with Crippen molar-refractivity contribution in [2.24, 2.45) is 0 Å². The summed E-state index contributed by atoms with van der Waals surface area (Å²) in [7, 11) is -1.51. The molecule has 0 saturated carbocycles. The van der Waals surface area contributed by atoms with Crippen LogP contribution in [0, 0.1) is 5.41 Å². The number of halogens is 1. The van der Waals surface area contributed by atoms with E-state index in [1.165, 1.54) is 0 Å². The Morgan fingerprint density at radius 3 is 2.15 bits per heavy atom. The highest BCUT2D eigenvalue weighted by molar-refractivity contribution is 6.58. The van der Waals surface area contributed by atoms with Crippen LogP contribution in [0.4, 0.5) is 0 Å². The Balaban J connectivity index is 1.89. The highest BCUT2D eigenvalue weighted by Crippen LogP contribution is 2.21. The van der Waals surface area contributed by atoms with Gasteiger partial charge in [-0.25, -0.2) is 0 Å². The van der Waals surface area contributed by atoms with Crippen LogP contribution < -0.4 is 11.1 Å². The third-order valence-electron chi connectivity index (χ3n) is 4.62. The minimum atomic E-state index is -1.51. The Labute approximate surface area is 161 Å². The summed E-state index contributed by atoms with van der Waals surface area (Å²) in [6.45, 7) is 0.486. The van der Waals surface area contributed by atoms with Crippen LogP contribution in [-0.4, -0.2) is 26.3 Å². The van der Waals surface area contributed by atoms with Crippen molar-refractivity contribution in [2.75, 3.05) is 0 Å². The fourth-order valence-electron chi connectivity index (χ4n) is 3.24. The Bertz CT molecular complexity index is 1170. The first-order valence-electron chi connectivity index (χ1n) is 8.51. The van der Waals surface area contributed by atoms with E-state index in [1.807, 2.05) is 57.7 Å². The van der Waals surface area contributed by atoms with Gasteiger partial charge in [0.2, 0.25) is 5.62 Å². The normalized spacial score (nSPS) is 11.1. The number of nitrogens with zero attached hydrogens (tertiary/aromatic N) is 2. The number of fused-ring (bicyclic) bond motifs is 1. The van der Waals surface area contributed by atoms with Gasteiger partial charge >= 0.3 is 7.12 Å². The zero-order valence-electron chi connectivity index (χ0n) is 14.4. The molecular weight excluding hydrogens is 361 g/mol. The van der Waals surface area contributed by atoms with E-state index in [4.69, 9.17) is 17.0 Å². The second-order valence-corrected chi connectivity index (χ2v) is 6.70. The predicted molar refractivity (Wildman–Crippen MR) is 107 cm³/mol. The lowest BCUT2D eigenvalue weighted by Gasteiger charge is -2.07.